The fraction of sp³-hybridized carbons (Fsp3) is 0.176. The Hall–Kier alpha value is -2.66. The van der Waals surface area contributed by atoms with Gasteiger partial charge in [0.25, 0.3) is 0 Å². The first-order chi connectivity index (χ1) is 10.9. The number of hydrogen-bond donors (Lipinski definition) is 1. The highest BCUT2D eigenvalue weighted by atomic mass is 16.2. The van der Waals surface area contributed by atoms with E-state index in [-0.39, 0.29) is 6.61 Å². The molecule has 0 bridgehead atoms. The van der Waals surface area contributed by atoms with Crippen molar-refractivity contribution in [3.05, 3.63) is 73.1 Å². The van der Waals surface area contributed by atoms with Crippen LogP contribution in [0.15, 0.2) is 67.3 Å². The van der Waals surface area contributed by atoms with Crippen LogP contribution in [-0.4, -0.2) is 31.6 Å². The average Bonchev–Trinajstić information content (AvgIpc) is 2.63. The minimum atomic E-state index is 0.207. The molecule has 1 N–H and O–H groups in total. The highest BCUT2D eigenvalue weighted by Gasteiger charge is 1.95. The highest BCUT2D eigenvalue weighted by Crippen LogP contribution is 2.11. The number of aromatic nitrogens is 4. The summed E-state index contributed by atoms with van der Waals surface area (Å²) >= 11 is 0. The molecule has 112 valence electrons. The van der Waals surface area contributed by atoms with Crippen molar-refractivity contribution in [1.29, 1.82) is 0 Å². The molecule has 0 aliphatic heterocycles. The van der Waals surface area contributed by atoms with Crippen molar-refractivity contribution in [3.8, 4) is 11.4 Å². The zero-order valence-corrected chi connectivity index (χ0v) is 12.2. The molecule has 22 heavy (non-hydrogen) atoms. The zero-order valence-electron chi connectivity index (χ0n) is 12.2. The van der Waals surface area contributed by atoms with Crippen molar-refractivity contribution in [2.45, 2.75) is 12.8 Å². The van der Waals surface area contributed by atoms with E-state index < -0.39 is 0 Å². The summed E-state index contributed by atoms with van der Waals surface area (Å²) in [6.45, 7) is 0.207. The van der Waals surface area contributed by atoms with Gasteiger partial charge in [-0.2, -0.15) is 0 Å². The molecule has 2 aromatic heterocycles. The minimum Gasteiger partial charge on any atom is -0.396 e. The molecule has 0 atom stereocenters. The van der Waals surface area contributed by atoms with Crippen molar-refractivity contribution in [1.82, 2.24) is 19.9 Å². The molecule has 0 fully saturated rings. The van der Waals surface area contributed by atoms with Crippen LogP contribution >= 0.6 is 0 Å². The van der Waals surface area contributed by atoms with E-state index in [0.29, 0.717) is 0 Å². The molecule has 0 radical (unpaired) electrons. The van der Waals surface area contributed by atoms with E-state index in [0.717, 1.165) is 30.1 Å². The standard InChI is InChI=1S/C10H8N2.C7H10N2O/c1-2-5-9(6-3-1)10-11-7-4-8-12-10;10-6-1-3-7-8-4-2-5-9-7/h1-8H;2,4-5,10H,1,3,6H2. The monoisotopic (exact) mass is 294 g/mol. The third kappa shape index (κ3) is 5.38. The van der Waals surface area contributed by atoms with Crippen LogP contribution in [-0.2, 0) is 6.42 Å². The Kier molecular flexibility index (Phi) is 6.65. The summed E-state index contributed by atoms with van der Waals surface area (Å²) in [4.78, 5) is 16.3. The molecule has 0 saturated carbocycles. The van der Waals surface area contributed by atoms with Gasteiger partial charge in [-0.25, -0.2) is 19.9 Å². The summed E-state index contributed by atoms with van der Waals surface area (Å²) < 4.78 is 0. The van der Waals surface area contributed by atoms with Crippen molar-refractivity contribution in [2.24, 2.45) is 0 Å². The van der Waals surface area contributed by atoms with Gasteiger partial charge < -0.3 is 5.11 Å². The number of hydrogen-bond acceptors (Lipinski definition) is 5. The van der Waals surface area contributed by atoms with Crippen molar-refractivity contribution < 1.29 is 5.11 Å². The first-order valence-electron chi connectivity index (χ1n) is 7.09. The van der Waals surface area contributed by atoms with Gasteiger partial charge in [0.1, 0.15) is 5.82 Å². The molecule has 0 aliphatic rings. The molecule has 5 nitrogen and oxygen atoms in total. The van der Waals surface area contributed by atoms with E-state index in [4.69, 9.17) is 5.11 Å². The lowest BCUT2D eigenvalue weighted by Crippen LogP contribution is -1.94. The summed E-state index contributed by atoms with van der Waals surface area (Å²) in [6.07, 6.45) is 8.41. The summed E-state index contributed by atoms with van der Waals surface area (Å²) in [5.41, 5.74) is 1.05. The number of aliphatic hydroxyl groups is 1. The van der Waals surface area contributed by atoms with Crippen LogP contribution in [0, 0.1) is 0 Å². The Bertz CT molecular complexity index is 595. The quantitative estimate of drug-likeness (QED) is 0.800. The first kappa shape index (κ1) is 15.7. The minimum absolute atomic E-state index is 0.207. The summed E-state index contributed by atoms with van der Waals surface area (Å²) in [5.74, 6) is 1.58. The lowest BCUT2D eigenvalue weighted by atomic mass is 10.2. The molecular weight excluding hydrogens is 276 g/mol. The zero-order chi connectivity index (χ0) is 15.5. The van der Waals surface area contributed by atoms with Crippen LogP contribution in [0.25, 0.3) is 11.4 Å². The van der Waals surface area contributed by atoms with Gasteiger partial charge in [-0.1, -0.05) is 30.3 Å². The van der Waals surface area contributed by atoms with Gasteiger partial charge in [-0.05, 0) is 18.6 Å². The summed E-state index contributed by atoms with van der Waals surface area (Å²) in [6, 6.07) is 13.5. The Morgan fingerprint density at radius 2 is 1.32 bits per heavy atom. The van der Waals surface area contributed by atoms with Crippen molar-refractivity contribution in [3.63, 3.8) is 0 Å². The van der Waals surface area contributed by atoms with Gasteiger partial charge in [0, 0.05) is 43.4 Å². The Morgan fingerprint density at radius 1 is 0.727 bits per heavy atom. The summed E-state index contributed by atoms with van der Waals surface area (Å²) in [5, 5.41) is 8.47. The second-order valence-electron chi connectivity index (χ2n) is 4.43. The van der Waals surface area contributed by atoms with Crippen LogP contribution in [0.3, 0.4) is 0 Å². The maximum Gasteiger partial charge on any atom is 0.159 e. The van der Waals surface area contributed by atoms with E-state index in [2.05, 4.69) is 19.9 Å². The van der Waals surface area contributed by atoms with Crippen LogP contribution in [0.5, 0.6) is 0 Å². The summed E-state index contributed by atoms with van der Waals surface area (Å²) in [7, 11) is 0. The maximum atomic E-state index is 8.47. The van der Waals surface area contributed by atoms with Gasteiger partial charge in [-0.3, -0.25) is 0 Å². The molecule has 5 heteroatoms. The maximum absolute atomic E-state index is 8.47. The third-order valence-electron chi connectivity index (χ3n) is 2.78. The van der Waals surface area contributed by atoms with Crippen LogP contribution < -0.4 is 0 Å². The van der Waals surface area contributed by atoms with E-state index in [1.165, 1.54) is 0 Å². The average molecular weight is 294 g/mol. The molecule has 0 saturated heterocycles. The molecule has 3 rings (SSSR count). The molecule has 0 unspecified atom stereocenters. The number of rotatable bonds is 4. The normalized spacial score (nSPS) is 9.68. The SMILES string of the molecule is OCCCc1ncccn1.c1ccc(-c2ncccn2)cc1. The lowest BCUT2D eigenvalue weighted by molar-refractivity contribution is 0.287. The predicted molar refractivity (Wildman–Crippen MR) is 84.9 cm³/mol. The molecule has 1 aromatic carbocycles. The number of nitrogens with zero attached hydrogens (tertiary/aromatic N) is 4. The van der Waals surface area contributed by atoms with Gasteiger partial charge >= 0.3 is 0 Å². The second-order valence-corrected chi connectivity index (χ2v) is 4.43. The van der Waals surface area contributed by atoms with Crippen LogP contribution in [0.4, 0.5) is 0 Å². The lowest BCUT2D eigenvalue weighted by Gasteiger charge is -1.96. The second kappa shape index (κ2) is 9.31. The van der Waals surface area contributed by atoms with Crippen molar-refractivity contribution in [2.75, 3.05) is 6.61 Å². The van der Waals surface area contributed by atoms with Gasteiger partial charge in [0.05, 0.1) is 0 Å². The topological polar surface area (TPSA) is 71.8 Å². The molecule has 0 amide bonds. The predicted octanol–water partition coefficient (Wildman–Crippen LogP) is 2.55. The molecule has 0 aliphatic carbocycles. The van der Waals surface area contributed by atoms with E-state index in [1.54, 1.807) is 30.9 Å². The van der Waals surface area contributed by atoms with Gasteiger partial charge in [0.15, 0.2) is 5.82 Å². The number of aryl methyl sites for hydroxylation is 1. The van der Waals surface area contributed by atoms with Gasteiger partial charge in [0.2, 0.25) is 0 Å². The van der Waals surface area contributed by atoms with Gasteiger partial charge in [-0.15, -0.1) is 0 Å². The highest BCUT2D eigenvalue weighted by molar-refractivity contribution is 5.53. The molecule has 2 heterocycles. The third-order valence-corrected chi connectivity index (χ3v) is 2.78. The van der Waals surface area contributed by atoms with E-state index >= 15 is 0 Å². The fourth-order valence-corrected chi connectivity index (χ4v) is 1.73. The van der Waals surface area contributed by atoms with Crippen molar-refractivity contribution >= 4 is 0 Å². The molecular formula is C17H18N4O. The smallest absolute Gasteiger partial charge is 0.159 e. The fourth-order valence-electron chi connectivity index (χ4n) is 1.73. The van der Waals surface area contributed by atoms with E-state index in [9.17, 15) is 0 Å². The van der Waals surface area contributed by atoms with Crippen LogP contribution in [0.1, 0.15) is 12.2 Å². The van der Waals surface area contributed by atoms with E-state index in [1.807, 2.05) is 36.4 Å². The Morgan fingerprint density at radius 3 is 1.91 bits per heavy atom. The largest absolute Gasteiger partial charge is 0.396 e. The number of benzene rings is 1. The first-order valence-corrected chi connectivity index (χ1v) is 7.09. The number of aliphatic hydroxyl groups excluding tert-OH is 1. The molecule has 3 aromatic rings. The Balaban J connectivity index is 0.000000164. The molecule has 0 spiro atoms. The van der Waals surface area contributed by atoms with Crippen LogP contribution in [0.2, 0.25) is 0 Å². The Labute approximate surface area is 129 Å².